The van der Waals surface area contributed by atoms with Crippen LogP contribution in [0.2, 0.25) is 0 Å². The van der Waals surface area contributed by atoms with Crippen LogP contribution < -0.4 is 5.32 Å². The molecule has 2 rings (SSSR count). The maximum absolute atomic E-state index is 4.20. The number of anilines is 1. The maximum Gasteiger partial charge on any atom is 0.202 e. The van der Waals surface area contributed by atoms with Gasteiger partial charge >= 0.3 is 0 Å². The molecule has 0 atom stereocenters. The molecule has 1 heterocycles. The van der Waals surface area contributed by atoms with Crippen LogP contribution in [0, 0.1) is 6.92 Å². The summed E-state index contributed by atoms with van der Waals surface area (Å²) in [5, 5.41) is 3.06. The molecule has 3 heteroatoms. The maximum atomic E-state index is 4.20. The van der Waals surface area contributed by atoms with E-state index in [2.05, 4.69) is 46.1 Å². The Morgan fingerprint density at radius 1 is 1.27 bits per heavy atom. The van der Waals surface area contributed by atoms with Crippen LogP contribution in [0.25, 0.3) is 0 Å². The van der Waals surface area contributed by atoms with Gasteiger partial charge in [0.05, 0.1) is 6.54 Å². The Hall–Kier alpha value is -1.77. The van der Waals surface area contributed by atoms with Gasteiger partial charge in [-0.25, -0.2) is 4.98 Å². The van der Waals surface area contributed by atoms with Gasteiger partial charge in [0, 0.05) is 19.4 Å². The smallest absolute Gasteiger partial charge is 0.202 e. The van der Waals surface area contributed by atoms with Crippen molar-refractivity contribution in [1.29, 1.82) is 0 Å². The quantitative estimate of drug-likeness (QED) is 0.825. The van der Waals surface area contributed by atoms with Crippen LogP contribution in [0.3, 0.4) is 0 Å². The summed E-state index contributed by atoms with van der Waals surface area (Å²) in [4.78, 5) is 4.20. The fourth-order valence-electron chi connectivity index (χ4n) is 1.56. The predicted octanol–water partition coefficient (Wildman–Crippen LogP) is 2.28. The molecule has 0 unspecified atom stereocenters. The van der Waals surface area contributed by atoms with E-state index in [1.165, 1.54) is 11.1 Å². The number of aryl methyl sites for hydroxylation is 1. The molecule has 0 spiro atoms. The molecule has 0 bridgehead atoms. The molecule has 15 heavy (non-hydrogen) atoms. The van der Waals surface area contributed by atoms with E-state index in [1.807, 2.05) is 13.2 Å². The van der Waals surface area contributed by atoms with Crippen molar-refractivity contribution in [2.75, 3.05) is 12.4 Å². The third-order valence-corrected chi connectivity index (χ3v) is 2.41. The first-order valence-electron chi connectivity index (χ1n) is 5.04. The summed E-state index contributed by atoms with van der Waals surface area (Å²) < 4.78 is 2.09. The minimum atomic E-state index is 0.858. The molecule has 0 radical (unpaired) electrons. The van der Waals surface area contributed by atoms with Gasteiger partial charge in [-0.1, -0.05) is 29.8 Å². The first kappa shape index (κ1) is 9.77. The van der Waals surface area contributed by atoms with E-state index < -0.39 is 0 Å². The van der Waals surface area contributed by atoms with Gasteiger partial charge in [0.1, 0.15) is 0 Å². The number of hydrogen-bond donors (Lipinski definition) is 1. The Kier molecular flexibility index (Phi) is 2.72. The van der Waals surface area contributed by atoms with Crippen molar-refractivity contribution in [3.05, 3.63) is 47.8 Å². The van der Waals surface area contributed by atoms with E-state index in [-0.39, 0.29) is 0 Å². The lowest BCUT2D eigenvalue weighted by Gasteiger charge is -2.07. The molecule has 0 aliphatic heterocycles. The van der Waals surface area contributed by atoms with Gasteiger partial charge in [0.15, 0.2) is 0 Å². The van der Waals surface area contributed by atoms with E-state index in [9.17, 15) is 0 Å². The van der Waals surface area contributed by atoms with Crippen molar-refractivity contribution < 1.29 is 0 Å². The van der Waals surface area contributed by atoms with Crippen LogP contribution in [0.15, 0.2) is 36.7 Å². The average molecular weight is 201 g/mol. The van der Waals surface area contributed by atoms with Crippen molar-refractivity contribution in [2.24, 2.45) is 0 Å². The average Bonchev–Trinajstić information content (AvgIpc) is 2.69. The SMILES string of the molecule is CNc1nccn1Cc1ccc(C)cc1. The van der Waals surface area contributed by atoms with Gasteiger partial charge in [0.25, 0.3) is 0 Å². The normalized spacial score (nSPS) is 10.3. The van der Waals surface area contributed by atoms with E-state index >= 15 is 0 Å². The fraction of sp³-hybridized carbons (Fsp3) is 0.250. The fourth-order valence-corrected chi connectivity index (χ4v) is 1.56. The summed E-state index contributed by atoms with van der Waals surface area (Å²) in [5.74, 6) is 0.899. The number of nitrogens with zero attached hydrogens (tertiary/aromatic N) is 2. The third-order valence-electron chi connectivity index (χ3n) is 2.41. The lowest BCUT2D eigenvalue weighted by Crippen LogP contribution is -2.03. The van der Waals surface area contributed by atoms with Crippen LogP contribution in [0.4, 0.5) is 5.95 Å². The van der Waals surface area contributed by atoms with Crippen LogP contribution in [0.5, 0.6) is 0 Å². The van der Waals surface area contributed by atoms with Gasteiger partial charge in [-0.15, -0.1) is 0 Å². The largest absolute Gasteiger partial charge is 0.359 e. The van der Waals surface area contributed by atoms with Gasteiger partial charge in [-0.05, 0) is 12.5 Å². The van der Waals surface area contributed by atoms with Crippen LogP contribution >= 0.6 is 0 Å². The van der Waals surface area contributed by atoms with Crippen molar-refractivity contribution in [1.82, 2.24) is 9.55 Å². The Balaban J connectivity index is 2.18. The second-order valence-electron chi connectivity index (χ2n) is 3.61. The molecule has 0 fully saturated rings. The van der Waals surface area contributed by atoms with Crippen molar-refractivity contribution in [3.8, 4) is 0 Å². The molecule has 3 nitrogen and oxygen atoms in total. The minimum Gasteiger partial charge on any atom is -0.359 e. The molecular formula is C12H15N3. The highest BCUT2D eigenvalue weighted by molar-refractivity contribution is 5.28. The summed E-state index contributed by atoms with van der Waals surface area (Å²) >= 11 is 0. The first-order chi connectivity index (χ1) is 7.29. The topological polar surface area (TPSA) is 29.9 Å². The number of hydrogen-bond acceptors (Lipinski definition) is 2. The van der Waals surface area contributed by atoms with E-state index in [0.29, 0.717) is 0 Å². The number of benzene rings is 1. The number of rotatable bonds is 3. The van der Waals surface area contributed by atoms with Gasteiger partial charge < -0.3 is 9.88 Å². The number of imidazole rings is 1. The number of aromatic nitrogens is 2. The first-order valence-corrected chi connectivity index (χ1v) is 5.04. The molecule has 1 aromatic carbocycles. The Labute approximate surface area is 89.8 Å². The Bertz CT molecular complexity index is 428. The highest BCUT2D eigenvalue weighted by atomic mass is 15.2. The Morgan fingerprint density at radius 2 is 2.00 bits per heavy atom. The molecule has 1 N–H and O–H groups in total. The molecule has 0 saturated carbocycles. The summed E-state index contributed by atoms with van der Waals surface area (Å²) in [6.07, 6.45) is 3.78. The van der Waals surface area contributed by atoms with Crippen molar-refractivity contribution in [2.45, 2.75) is 13.5 Å². The molecule has 0 amide bonds. The van der Waals surface area contributed by atoms with Crippen LogP contribution in [-0.2, 0) is 6.54 Å². The number of nitrogens with one attached hydrogen (secondary N) is 1. The highest BCUT2D eigenvalue weighted by Gasteiger charge is 2.00. The summed E-state index contributed by atoms with van der Waals surface area (Å²) in [6, 6.07) is 8.56. The van der Waals surface area contributed by atoms with E-state index in [1.54, 1.807) is 6.20 Å². The summed E-state index contributed by atoms with van der Waals surface area (Å²) in [6.45, 7) is 2.95. The zero-order chi connectivity index (χ0) is 10.7. The molecule has 0 saturated heterocycles. The van der Waals surface area contributed by atoms with Crippen molar-refractivity contribution >= 4 is 5.95 Å². The van der Waals surface area contributed by atoms with E-state index in [4.69, 9.17) is 0 Å². The second-order valence-corrected chi connectivity index (χ2v) is 3.61. The zero-order valence-electron chi connectivity index (χ0n) is 9.07. The molecule has 0 aliphatic carbocycles. The van der Waals surface area contributed by atoms with Gasteiger partial charge in [-0.3, -0.25) is 0 Å². The predicted molar refractivity (Wildman–Crippen MR) is 62.1 cm³/mol. The lowest BCUT2D eigenvalue weighted by atomic mass is 10.1. The van der Waals surface area contributed by atoms with Crippen LogP contribution in [0.1, 0.15) is 11.1 Å². The molecular weight excluding hydrogens is 186 g/mol. The summed E-state index contributed by atoms with van der Waals surface area (Å²) in [5.41, 5.74) is 2.58. The molecule has 1 aromatic heterocycles. The molecule has 2 aromatic rings. The van der Waals surface area contributed by atoms with Crippen LogP contribution in [-0.4, -0.2) is 16.6 Å². The zero-order valence-corrected chi connectivity index (χ0v) is 9.07. The lowest BCUT2D eigenvalue weighted by molar-refractivity contribution is 0.805. The Morgan fingerprint density at radius 3 is 2.67 bits per heavy atom. The highest BCUT2D eigenvalue weighted by Crippen LogP contribution is 2.09. The standard InChI is InChI=1S/C12H15N3/c1-10-3-5-11(6-4-10)9-15-8-7-14-12(15)13-2/h3-8H,9H2,1-2H3,(H,13,14). The molecule has 0 aliphatic rings. The van der Waals surface area contributed by atoms with E-state index in [0.717, 1.165) is 12.5 Å². The monoisotopic (exact) mass is 201 g/mol. The second kappa shape index (κ2) is 4.17. The molecule has 78 valence electrons. The summed E-state index contributed by atoms with van der Waals surface area (Å²) in [7, 11) is 1.88. The third kappa shape index (κ3) is 2.18. The van der Waals surface area contributed by atoms with Crippen molar-refractivity contribution in [3.63, 3.8) is 0 Å². The van der Waals surface area contributed by atoms with Gasteiger partial charge in [-0.2, -0.15) is 0 Å². The minimum absolute atomic E-state index is 0.858. The van der Waals surface area contributed by atoms with Gasteiger partial charge in [0.2, 0.25) is 5.95 Å².